The molecule has 0 aromatic heterocycles. The Morgan fingerprint density at radius 3 is 2.33 bits per heavy atom. The van der Waals surface area contributed by atoms with Crippen LogP contribution in [-0.2, 0) is 10.2 Å². The minimum Gasteiger partial charge on any atom is -0.319 e. The Balaban J connectivity index is 1.99. The SMILES string of the molecule is CCC1CCCN(S(=O)(=O)N2CCCC(CNC)C2)CC1. The quantitative estimate of drug-likeness (QED) is 0.839. The molecule has 0 bridgehead atoms. The van der Waals surface area contributed by atoms with Gasteiger partial charge in [0.1, 0.15) is 0 Å². The van der Waals surface area contributed by atoms with Gasteiger partial charge in [0.15, 0.2) is 0 Å². The van der Waals surface area contributed by atoms with Gasteiger partial charge < -0.3 is 5.32 Å². The summed E-state index contributed by atoms with van der Waals surface area (Å²) in [6.45, 7) is 5.89. The summed E-state index contributed by atoms with van der Waals surface area (Å²) in [7, 11) is -1.31. The molecule has 5 nitrogen and oxygen atoms in total. The van der Waals surface area contributed by atoms with E-state index in [1.165, 1.54) is 12.8 Å². The van der Waals surface area contributed by atoms with E-state index in [1.54, 1.807) is 8.61 Å². The van der Waals surface area contributed by atoms with Crippen molar-refractivity contribution in [1.29, 1.82) is 0 Å². The maximum atomic E-state index is 12.9. The van der Waals surface area contributed by atoms with Gasteiger partial charge in [0.05, 0.1) is 0 Å². The van der Waals surface area contributed by atoms with Crippen LogP contribution in [0, 0.1) is 11.8 Å². The summed E-state index contributed by atoms with van der Waals surface area (Å²) in [6, 6.07) is 0. The van der Waals surface area contributed by atoms with Crippen LogP contribution in [-0.4, -0.2) is 56.8 Å². The molecule has 0 aliphatic carbocycles. The summed E-state index contributed by atoms with van der Waals surface area (Å²) in [5, 5.41) is 3.18. The average molecular weight is 317 g/mol. The molecule has 0 radical (unpaired) electrons. The predicted octanol–water partition coefficient (Wildman–Crippen LogP) is 1.67. The number of piperidine rings is 1. The van der Waals surface area contributed by atoms with Crippen molar-refractivity contribution in [3.05, 3.63) is 0 Å². The first-order chi connectivity index (χ1) is 10.1. The van der Waals surface area contributed by atoms with Gasteiger partial charge >= 0.3 is 0 Å². The van der Waals surface area contributed by atoms with Gasteiger partial charge in [0, 0.05) is 26.2 Å². The summed E-state index contributed by atoms with van der Waals surface area (Å²) in [4.78, 5) is 0. The third kappa shape index (κ3) is 4.41. The minimum absolute atomic E-state index is 0.453. The molecule has 6 heteroatoms. The molecule has 124 valence electrons. The Morgan fingerprint density at radius 1 is 1.00 bits per heavy atom. The molecule has 2 heterocycles. The van der Waals surface area contributed by atoms with E-state index in [1.807, 2.05) is 7.05 Å². The zero-order chi connectivity index (χ0) is 15.3. The molecule has 2 atom stereocenters. The molecule has 21 heavy (non-hydrogen) atoms. The van der Waals surface area contributed by atoms with Gasteiger partial charge in [-0.05, 0) is 57.5 Å². The van der Waals surface area contributed by atoms with Crippen LogP contribution in [0.15, 0.2) is 0 Å². The number of hydrogen-bond acceptors (Lipinski definition) is 3. The highest BCUT2D eigenvalue weighted by Gasteiger charge is 2.34. The lowest BCUT2D eigenvalue weighted by molar-refractivity contribution is 0.244. The third-order valence-corrected chi connectivity index (χ3v) is 7.01. The van der Waals surface area contributed by atoms with Crippen molar-refractivity contribution in [3.8, 4) is 0 Å². The Labute approximate surface area is 130 Å². The standard InChI is InChI=1S/C15H31N3O2S/c1-3-14-6-4-9-17(11-8-14)21(19,20)18-10-5-7-15(13-18)12-16-2/h14-16H,3-13H2,1-2H3. The second kappa shape index (κ2) is 7.90. The van der Waals surface area contributed by atoms with Crippen LogP contribution >= 0.6 is 0 Å². The highest BCUT2D eigenvalue weighted by molar-refractivity contribution is 7.86. The van der Waals surface area contributed by atoms with Gasteiger partial charge in [-0.15, -0.1) is 0 Å². The van der Waals surface area contributed by atoms with Crippen LogP contribution in [0.4, 0.5) is 0 Å². The molecule has 2 fully saturated rings. The maximum Gasteiger partial charge on any atom is 0.281 e. The summed E-state index contributed by atoms with van der Waals surface area (Å²) < 4.78 is 29.2. The van der Waals surface area contributed by atoms with E-state index in [9.17, 15) is 8.42 Å². The Bertz CT molecular complexity index is 403. The first kappa shape index (κ1) is 17.2. The fraction of sp³-hybridized carbons (Fsp3) is 1.00. The predicted molar refractivity (Wildman–Crippen MR) is 86.3 cm³/mol. The van der Waals surface area contributed by atoms with E-state index < -0.39 is 10.2 Å². The molecular weight excluding hydrogens is 286 g/mol. The molecular formula is C15H31N3O2S. The zero-order valence-electron chi connectivity index (χ0n) is 13.6. The third-order valence-electron chi connectivity index (χ3n) is 5.01. The van der Waals surface area contributed by atoms with Crippen molar-refractivity contribution < 1.29 is 8.42 Å². The Hall–Kier alpha value is -0.170. The first-order valence-electron chi connectivity index (χ1n) is 8.47. The van der Waals surface area contributed by atoms with Gasteiger partial charge in [0.25, 0.3) is 10.2 Å². The normalized spacial score (nSPS) is 30.2. The van der Waals surface area contributed by atoms with E-state index in [2.05, 4.69) is 12.2 Å². The Morgan fingerprint density at radius 2 is 1.67 bits per heavy atom. The molecule has 0 saturated carbocycles. The smallest absolute Gasteiger partial charge is 0.281 e. The van der Waals surface area contributed by atoms with Crippen molar-refractivity contribution in [2.75, 3.05) is 39.8 Å². The summed E-state index contributed by atoms with van der Waals surface area (Å²) in [5.74, 6) is 1.15. The monoisotopic (exact) mass is 317 g/mol. The summed E-state index contributed by atoms with van der Waals surface area (Å²) >= 11 is 0. The Kier molecular flexibility index (Phi) is 6.47. The maximum absolute atomic E-state index is 12.9. The van der Waals surface area contributed by atoms with Crippen LogP contribution in [0.2, 0.25) is 0 Å². The van der Waals surface area contributed by atoms with E-state index in [0.717, 1.165) is 32.2 Å². The second-order valence-electron chi connectivity index (χ2n) is 6.54. The van der Waals surface area contributed by atoms with Gasteiger partial charge in [0.2, 0.25) is 0 Å². The lowest BCUT2D eigenvalue weighted by Gasteiger charge is -2.35. The van der Waals surface area contributed by atoms with Gasteiger partial charge in [-0.2, -0.15) is 17.0 Å². The lowest BCUT2D eigenvalue weighted by Crippen LogP contribution is -2.49. The van der Waals surface area contributed by atoms with E-state index in [4.69, 9.17) is 0 Å². The van der Waals surface area contributed by atoms with Crippen molar-refractivity contribution in [2.24, 2.45) is 11.8 Å². The van der Waals surface area contributed by atoms with Crippen LogP contribution < -0.4 is 5.32 Å². The summed E-state index contributed by atoms with van der Waals surface area (Å²) in [5.41, 5.74) is 0. The zero-order valence-corrected chi connectivity index (χ0v) is 14.4. The number of nitrogens with zero attached hydrogens (tertiary/aromatic N) is 2. The van der Waals surface area contributed by atoms with Crippen molar-refractivity contribution >= 4 is 10.2 Å². The molecule has 2 rings (SSSR count). The molecule has 2 unspecified atom stereocenters. The van der Waals surface area contributed by atoms with Crippen molar-refractivity contribution in [3.63, 3.8) is 0 Å². The number of hydrogen-bond donors (Lipinski definition) is 1. The lowest BCUT2D eigenvalue weighted by atomic mass is 9.98. The van der Waals surface area contributed by atoms with Crippen LogP contribution in [0.1, 0.15) is 45.4 Å². The average Bonchev–Trinajstić information content (AvgIpc) is 2.73. The molecule has 0 aromatic carbocycles. The van der Waals surface area contributed by atoms with Crippen molar-refractivity contribution in [1.82, 2.24) is 13.9 Å². The van der Waals surface area contributed by atoms with Gasteiger partial charge in [-0.1, -0.05) is 13.3 Å². The van der Waals surface area contributed by atoms with Gasteiger partial charge in [-0.3, -0.25) is 0 Å². The topological polar surface area (TPSA) is 52.7 Å². The number of rotatable bonds is 5. The molecule has 2 aliphatic rings. The van der Waals surface area contributed by atoms with E-state index in [-0.39, 0.29) is 0 Å². The first-order valence-corrected chi connectivity index (χ1v) is 9.87. The van der Waals surface area contributed by atoms with Crippen LogP contribution in [0.3, 0.4) is 0 Å². The van der Waals surface area contributed by atoms with E-state index >= 15 is 0 Å². The molecule has 0 spiro atoms. The molecule has 2 saturated heterocycles. The summed E-state index contributed by atoms with van der Waals surface area (Å²) in [6.07, 6.45) is 6.48. The highest BCUT2D eigenvalue weighted by Crippen LogP contribution is 2.25. The van der Waals surface area contributed by atoms with Gasteiger partial charge in [-0.25, -0.2) is 0 Å². The molecule has 1 N–H and O–H groups in total. The molecule has 0 amide bonds. The van der Waals surface area contributed by atoms with Crippen LogP contribution in [0.5, 0.6) is 0 Å². The largest absolute Gasteiger partial charge is 0.319 e. The van der Waals surface area contributed by atoms with Crippen LogP contribution in [0.25, 0.3) is 0 Å². The van der Waals surface area contributed by atoms with Crippen molar-refractivity contribution in [2.45, 2.75) is 45.4 Å². The fourth-order valence-corrected chi connectivity index (χ4v) is 5.41. The number of nitrogens with one attached hydrogen (secondary N) is 1. The minimum atomic E-state index is -3.25. The fourth-order valence-electron chi connectivity index (χ4n) is 3.63. The molecule has 2 aliphatic heterocycles. The van der Waals surface area contributed by atoms with E-state index in [0.29, 0.717) is 38.0 Å². The molecule has 0 aromatic rings. The second-order valence-corrected chi connectivity index (χ2v) is 8.46. The highest BCUT2D eigenvalue weighted by atomic mass is 32.2.